The fourth-order valence-electron chi connectivity index (χ4n) is 2.31. The van der Waals surface area contributed by atoms with Gasteiger partial charge in [-0.2, -0.15) is 0 Å². The Labute approximate surface area is 122 Å². The van der Waals surface area contributed by atoms with Gasteiger partial charge in [0, 0.05) is 13.1 Å². The van der Waals surface area contributed by atoms with E-state index < -0.39 is 0 Å². The first kappa shape index (κ1) is 14.4. The molecule has 0 atom stereocenters. The molecule has 0 aromatic heterocycles. The lowest BCUT2D eigenvalue weighted by atomic mass is 10.2. The fraction of sp³-hybridized carbons (Fsp3) is 0.333. The summed E-state index contributed by atoms with van der Waals surface area (Å²) in [7, 11) is 0. The summed E-state index contributed by atoms with van der Waals surface area (Å²) < 4.78 is 6.04. The molecular weight excluding hydrogens is 246 g/mol. The standard InChI is InChI=1S/C18H23NO/c1-3-14-19(15-4-2)17-12-8-9-13-18(17)20-16-10-6-5-7-11-16/h5-13H,3-4,14-15H2,1-2H3. The molecule has 0 N–H and O–H groups in total. The minimum atomic E-state index is 0.882. The predicted octanol–water partition coefficient (Wildman–Crippen LogP) is 5.11. The van der Waals surface area contributed by atoms with E-state index in [2.05, 4.69) is 30.9 Å². The quantitative estimate of drug-likeness (QED) is 0.693. The van der Waals surface area contributed by atoms with Crippen molar-refractivity contribution in [3.05, 3.63) is 54.6 Å². The first-order valence-corrected chi connectivity index (χ1v) is 7.42. The maximum atomic E-state index is 6.04. The van der Waals surface area contributed by atoms with E-state index in [0.29, 0.717) is 0 Å². The summed E-state index contributed by atoms with van der Waals surface area (Å²) in [5.74, 6) is 1.81. The lowest BCUT2D eigenvalue weighted by Crippen LogP contribution is -2.25. The molecule has 0 bridgehead atoms. The van der Waals surface area contributed by atoms with Crippen LogP contribution in [0.15, 0.2) is 54.6 Å². The third kappa shape index (κ3) is 3.77. The zero-order valence-corrected chi connectivity index (χ0v) is 12.4. The second kappa shape index (κ2) is 7.59. The minimum absolute atomic E-state index is 0.882. The summed E-state index contributed by atoms with van der Waals surface area (Å²) in [6.07, 6.45) is 2.28. The lowest BCUT2D eigenvalue weighted by molar-refractivity contribution is 0.481. The first-order chi connectivity index (χ1) is 9.85. The highest BCUT2D eigenvalue weighted by Crippen LogP contribution is 2.32. The smallest absolute Gasteiger partial charge is 0.150 e. The van der Waals surface area contributed by atoms with Gasteiger partial charge in [0.2, 0.25) is 0 Å². The number of anilines is 1. The molecule has 2 aromatic rings. The van der Waals surface area contributed by atoms with Gasteiger partial charge < -0.3 is 9.64 Å². The predicted molar refractivity (Wildman–Crippen MR) is 85.8 cm³/mol. The van der Waals surface area contributed by atoms with E-state index in [1.54, 1.807) is 0 Å². The van der Waals surface area contributed by atoms with E-state index in [9.17, 15) is 0 Å². The number of nitrogens with zero attached hydrogens (tertiary/aromatic N) is 1. The van der Waals surface area contributed by atoms with Crippen molar-refractivity contribution in [1.82, 2.24) is 0 Å². The molecule has 0 heterocycles. The van der Waals surface area contributed by atoms with Gasteiger partial charge >= 0.3 is 0 Å². The number of benzene rings is 2. The van der Waals surface area contributed by atoms with E-state index in [-0.39, 0.29) is 0 Å². The van der Waals surface area contributed by atoms with Gasteiger partial charge in [-0.15, -0.1) is 0 Å². The van der Waals surface area contributed by atoms with Crippen LogP contribution in [0.1, 0.15) is 26.7 Å². The lowest BCUT2D eigenvalue weighted by Gasteiger charge is -2.26. The van der Waals surface area contributed by atoms with E-state index in [1.807, 2.05) is 42.5 Å². The number of hydrogen-bond acceptors (Lipinski definition) is 2. The van der Waals surface area contributed by atoms with Gasteiger partial charge in [-0.05, 0) is 37.1 Å². The Bertz CT molecular complexity index is 504. The number of ether oxygens (including phenoxy) is 1. The van der Waals surface area contributed by atoms with Crippen molar-refractivity contribution in [3.63, 3.8) is 0 Å². The van der Waals surface area contributed by atoms with Crippen molar-refractivity contribution in [2.45, 2.75) is 26.7 Å². The monoisotopic (exact) mass is 269 g/mol. The highest BCUT2D eigenvalue weighted by Gasteiger charge is 2.11. The highest BCUT2D eigenvalue weighted by molar-refractivity contribution is 5.59. The molecule has 0 spiro atoms. The van der Waals surface area contributed by atoms with Gasteiger partial charge in [0.25, 0.3) is 0 Å². The molecule has 0 aliphatic rings. The van der Waals surface area contributed by atoms with Crippen LogP contribution >= 0.6 is 0 Å². The average molecular weight is 269 g/mol. The van der Waals surface area contributed by atoms with Crippen LogP contribution < -0.4 is 9.64 Å². The number of hydrogen-bond donors (Lipinski definition) is 0. The van der Waals surface area contributed by atoms with Crippen LogP contribution in [-0.4, -0.2) is 13.1 Å². The van der Waals surface area contributed by atoms with Crippen LogP contribution in [-0.2, 0) is 0 Å². The topological polar surface area (TPSA) is 12.5 Å². The molecule has 2 heteroatoms. The van der Waals surface area contributed by atoms with Crippen molar-refractivity contribution < 1.29 is 4.74 Å². The molecule has 2 aromatic carbocycles. The first-order valence-electron chi connectivity index (χ1n) is 7.42. The summed E-state index contributed by atoms with van der Waals surface area (Å²) >= 11 is 0. The van der Waals surface area contributed by atoms with E-state index in [4.69, 9.17) is 4.74 Å². The summed E-state index contributed by atoms with van der Waals surface area (Å²) in [6, 6.07) is 18.2. The van der Waals surface area contributed by atoms with Gasteiger partial charge in [0.05, 0.1) is 5.69 Å². The third-order valence-corrected chi connectivity index (χ3v) is 3.16. The Morgan fingerprint density at radius 2 is 1.40 bits per heavy atom. The van der Waals surface area contributed by atoms with E-state index >= 15 is 0 Å². The molecule has 20 heavy (non-hydrogen) atoms. The zero-order chi connectivity index (χ0) is 14.2. The summed E-state index contributed by atoms with van der Waals surface area (Å²) in [5.41, 5.74) is 1.18. The molecule has 0 fully saturated rings. The van der Waals surface area contributed by atoms with Crippen molar-refractivity contribution in [2.24, 2.45) is 0 Å². The maximum absolute atomic E-state index is 6.04. The number of rotatable bonds is 7. The van der Waals surface area contributed by atoms with Gasteiger partial charge in [-0.1, -0.05) is 44.2 Å². The Morgan fingerprint density at radius 3 is 2.05 bits per heavy atom. The average Bonchev–Trinajstić information content (AvgIpc) is 2.49. The second-order valence-electron chi connectivity index (χ2n) is 4.87. The van der Waals surface area contributed by atoms with Crippen LogP contribution in [0, 0.1) is 0 Å². The molecule has 2 nitrogen and oxygen atoms in total. The molecule has 0 saturated carbocycles. The van der Waals surface area contributed by atoms with Crippen molar-refractivity contribution in [2.75, 3.05) is 18.0 Å². The van der Waals surface area contributed by atoms with Crippen LogP contribution in [0.2, 0.25) is 0 Å². The minimum Gasteiger partial charge on any atom is -0.455 e. The van der Waals surface area contributed by atoms with Gasteiger partial charge in [0.1, 0.15) is 5.75 Å². The van der Waals surface area contributed by atoms with Crippen LogP contribution in [0.5, 0.6) is 11.5 Å². The second-order valence-corrected chi connectivity index (χ2v) is 4.87. The molecular formula is C18H23NO. The zero-order valence-electron chi connectivity index (χ0n) is 12.4. The summed E-state index contributed by atoms with van der Waals surface area (Å²) in [5, 5.41) is 0. The Balaban J connectivity index is 2.24. The van der Waals surface area contributed by atoms with Crippen molar-refractivity contribution >= 4 is 5.69 Å². The highest BCUT2D eigenvalue weighted by atomic mass is 16.5. The van der Waals surface area contributed by atoms with E-state index in [0.717, 1.165) is 37.4 Å². The third-order valence-electron chi connectivity index (χ3n) is 3.16. The molecule has 0 aliphatic carbocycles. The fourth-order valence-corrected chi connectivity index (χ4v) is 2.31. The van der Waals surface area contributed by atoms with Crippen LogP contribution in [0.25, 0.3) is 0 Å². The van der Waals surface area contributed by atoms with Crippen LogP contribution in [0.3, 0.4) is 0 Å². The van der Waals surface area contributed by atoms with Gasteiger partial charge in [0.15, 0.2) is 5.75 Å². The normalized spacial score (nSPS) is 10.3. The molecule has 106 valence electrons. The molecule has 0 unspecified atom stereocenters. The summed E-state index contributed by atoms with van der Waals surface area (Å²) in [4.78, 5) is 2.40. The Morgan fingerprint density at radius 1 is 0.800 bits per heavy atom. The van der Waals surface area contributed by atoms with Gasteiger partial charge in [-0.3, -0.25) is 0 Å². The SMILES string of the molecule is CCCN(CCC)c1ccccc1Oc1ccccc1. The Hall–Kier alpha value is -1.96. The van der Waals surface area contributed by atoms with Crippen LogP contribution in [0.4, 0.5) is 5.69 Å². The largest absolute Gasteiger partial charge is 0.455 e. The summed E-state index contributed by atoms with van der Waals surface area (Å²) in [6.45, 7) is 6.54. The molecule has 2 rings (SSSR count). The number of para-hydroxylation sites is 3. The van der Waals surface area contributed by atoms with Crippen molar-refractivity contribution in [3.8, 4) is 11.5 Å². The Kier molecular flexibility index (Phi) is 5.48. The molecule has 0 radical (unpaired) electrons. The van der Waals surface area contributed by atoms with E-state index in [1.165, 1.54) is 5.69 Å². The van der Waals surface area contributed by atoms with Crippen molar-refractivity contribution in [1.29, 1.82) is 0 Å². The molecule has 0 aliphatic heterocycles. The molecule has 0 saturated heterocycles. The van der Waals surface area contributed by atoms with Gasteiger partial charge in [-0.25, -0.2) is 0 Å². The molecule has 0 amide bonds. The maximum Gasteiger partial charge on any atom is 0.150 e.